The van der Waals surface area contributed by atoms with E-state index in [1.807, 2.05) is 0 Å². The van der Waals surface area contributed by atoms with E-state index in [-0.39, 0.29) is 0 Å². The first-order chi connectivity index (χ1) is 8.33. The maximum absolute atomic E-state index is 6.00. The lowest BCUT2D eigenvalue weighted by molar-refractivity contribution is 0.119. The first kappa shape index (κ1) is 14.9. The summed E-state index contributed by atoms with van der Waals surface area (Å²) in [5.74, 6) is 0.661. The summed E-state index contributed by atoms with van der Waals surface area (Å²) in [6.07, 6.45) is 6.29. The number of nitrogens with two attached hydrogens (primary N) is 1. The van der Waals surface area contributed by atoms with Crippen LogP contribution in [0.2, 0.25) is 0 Å². The van der Waals surface area contributed by atoms with Gasteiger partial charge in [-0.3, -0.25) is 4.90 Å². The van der Waals surface area contributed by atoms with E-state index in [2.05, 4.69) is 18.7 Å². The lowest BCUT2D eigenvalue weighted by Crippen LogP contribution is -2.46. The van der Waals surface area contributed by atoms with Crippen LogP contribution in [0.3, 0.4) is 0 Å². The third kappa shape index (κ3) is 4.94. The van der Waals surface area contributed by atoms with Crippen molar-refractivity contribution in [3.63, 3.8) is 0 Å². The Morgan fingerprint density at radius 3 is 2.29 bits per heavy atom. The molecule has 0 spiro atoms. The second kappa shape index (κ2) is 8.90. The zero-order valence-corrected chi connectivity index (χ0v) is 11.7. The minimum atomic E-state index is 0.538. The Kier molecular flexibility index (Phi) is 7.82. The standard InChI is InChI=1S/C14H30N2O/c1-3-5-8-16(9-6-4-2)14(11-15)13-7-10-17-12-13/h13-14H,3-12,15H2,1-2H3. The molecule has 1 heterocycles. The molecule has 17 heavy (non-hydrogen) atoms. The van der Waals surface area contributed by atoms with Gasteiger partial charge in [0.1, 0.15) is 0 Å². The summed E-state index contributed by atoms with van der Waals surface area (Å²) in [4.78, 5) is 2.62. The summed E-state index contributed by atoms with van der Waals surface area (Å²) < 4.78 is 5.52. The molecule has 1 fully saturated rings. The van der Waals surface area contributed by atoms with Crippen LogP contribution in [0, 0.1) is 5.92 Å². The molecule has 0 amide bonds. The highest BCUT2D eigenvalue weighted by atomic mass is 16.5. The summed E-state index contributed by atoms with van der Waals surface area (Å²) in [6, 6.07) is 0.538. The third-order valence-corrected chi connectivity index (χ3v) is 3.82. The van der Waals surface area contributed by atoms with Gasteiger partial charge in [0.15, 0.2) is 0 Å². The Bertz CT molecular complexity index is 173. The van der Waals surface area contributed by atoms with Gasteiger partial charge in [-0.1, -0.05) is 26.7 Å². The van der Waals surface area contributed by atoms with Crippen molar-refractivity contribution in [3.05, 3.63) is 0 Å². The van der Waals surface area contributed by atoms with Crippen LogP contribution in [0.1, 0.15) is 46.0 Å². The van der Waals surface area contributed by atoms with Crippen molar-refractivity contribution in [1.29, 1.82) is 0 Å². The van der Waals surface area contributed by atoms with Crippen molar-refractivity contribution >= 4 is 0 Å². The van der Waals surface area contributed by atoms with Crippen molar-refractivity contribution in [2.75, 3.05) is 32.8 Å². The van der Waals surface area contributed by atoms with Crippen molar-refractivity contribution in [2.24, 2.45) is 11.7 Å². The molecule has 3 heteroatoms. The quantitative estimate of drug-likeness (QED) is 0.674. The minimum Gasteiger partial charge on any atom is -0.381 e. The van der Waals surface area contributed by atoms with Gasteiger partial charge in [0.05, 0.1) is 6.61 Å². The highest BCUT2D eigenvalue weighted by molar-refractivity contribution is 4.82. The van der Waals surface area contributed by atoms with Crippen molar-refractivity contribution in [1.82, 2.24) is 4.90 Å². The fourth-order valence-electron chi connectivity index (χ4n) is 2.66. The number of hydrogen-bond acceptors (Lipinski definition) is 3. The predicted molar refractivity (Wildman–Crippen MR) is 73.2 cm³/mol. The summed E-state index contributed by atoms with van der Waals surface area (Å²) in [6.45, 7) is 9.54. The SMILES string of the molecule is CCCCN(CCCC)C(CN)C1CCOC1. The number of rotatable bonds is 9. The first-order valence-electron chi connectivity index (χ1n) is 7.35. The average molecular weight is 242 g/mol. The molecular weight excluding hydrogens is 212 g/mol. The summed E-state index contributed by atoms with van der Waals surface area (Å²) >= 11 is 0. The van der Waals surface area contributed by atoms with Crippen LogP contribution in [-0.4, -0.2) is 43.8 Å². The molecule has 2 N–H and O–H groups in total. The molecule has 2 unspecified atom stereocenters. The molecule has 0 bridgehead atoms. The lowest BCUT2D eigenvalue weighted by atomic mass is 9.97. The van der Waals surface area contributed by atoms with Crippen molar-refractivity contribution in [3.8, 4) is 0 Å². The molecule has 0 saturated carbocycles. The van der Waals surface area contributed by atoms with Gasteiger partial charge in [0, 0.05) is 25.1 Å². The van der Waals surface area contributed by atoms with E-state index in [0.717, 1.165) is 19.8 Å². The zero-order chi connectivity index (χ0) is 12.5. The number of unbranched alkanes of at least 4 members (excludes halogenated alkanes) is 2. The molecule has 0 aliphatic carbocycles. The monoisotopic (exact) mass is 242 g/mol. The second-order valence-corrected chi connectivity index (χ2v) is 5.17. The molecule has 1 saturated heterocycles. The van der Waals surface area contributed by atoms with Crippen molar-refractivity contribution < 1.29 is 4.74 Å². The Hall–Kier alpha value is -0.120. The molecule has 1 aliphatic heterocycles. The van der Waals surface area contributed by atoms with E-state index >= 15 is 0 Å². The molecular formula is C14H30N2O. The van der Waals surface area contributed by atoms with E-state index in [9.17, 15) is 0 Å². The maximum atomic E-state index is 6.00. The summed E-state index contributed by atoms with van der Waals surface area (Å²) in [7, 11) is 0. The lowest BCUT2D eigenvalue weighted by Gasteiger charge is -2.34. The second-order valence-electron chi connectivity index (χ2n) is 5.17. The smallest absolute Gasteiger partial charge is 0.0510 e. The van der Waals surface area contributed by atoms with Gasteiger partial charge in [-0.05, 0) is 32.4 Å². The minimum absolute atomic E-state index is 0.538. The van der Waals surface area contributed by atoms with E-state index in [1.165, 1.54) is 45.2 Å². The molecule has 0 aromatic carbocycles. The van der Waals surface area contributed by atoms with Gasteiger partial charge in [0.25, 0.3) is 0 Å². The van der Waals surface area contributed by atoms with Crippen LogP contribution in [0.5, 0.6) is 0 Å². The van der Waals surface area contributed by atoms with Gasteiger partial charge < -0.3 is 10.5 Å². The van der Waals surface area contributed by atoms with E-state index in [0.29, 0.717) is 12.0 Å². The zero-order valence-electron chi connectivity index (χ0n) is 11.7. The fraction of sp³-hybridized carbons (Fsp3) is 1.00. The van der Waals surface area contributed by atoms with Crippen molar-refractivity contribution in [2.45, 2.75) is 52.0 Å². The van der Waals surface area contributed by atoms with Gasteiger partial charge in [-0.25, -0.2) is 0 Å². The third-order valence-electron chi connectivity index (χ3n) is 3.82. The van der Waals surface area contributed by atoms with Gasteiger partial charge in [0.2, 0.25) is 0 Å². The molecule has 3 nitrogen and oxygen atoms in total. The van der Waals surface area contributed by atoms with Crippen LogP contribution in [0.15, 0.2) is 0 Å². The predicted octanol–water partition coefficient (Wildman–Crippen LogP) is 2.25. The number of hydrogen-bond donors (Lipinski definition) is 1. The van der Waals surface area contributed by atoms with E-state index < -0.39 is 0 Å². The van der Waals surface area contributed by atoms with E-state index in [4.69, 9.17) is 10.5 Å². The Balaban J connectivity index is 2.49. The molecule has 0 radical (unpaired) electrons. The summed E-state index contributed by atoms with van der Waals surface area (Å²) in [5, 5.41) is 0. The largest absolute Gasteiger partial charge is 0.381 e. The average Bonchev–Trinajstić information content (AvgIpc) is 2.86. The van der Waals surface area contributed by atoms with Crippen LogP contribution in [-0.2, 0) is 4.74 Å². The molecule has 102 valence electrons. The Morgan fingerprint density at radius 1 is 1.24 bits per heavy atom. The summed E-state index contributed by atoms with van der Waals surface area (Å²) in [5.41, 5.74) is 6.00. The van der Waals surface area contributed by atoms with Crippen LogP contribution in [0.25, 0.3) is 0 Å². The Morgan fingerprint density at radius 2 is 1.88 bits per heavy atom. The first-order valence-corrected chi connectivity index (χ1v) is 7.35. The molecule has 1 rings (SSSR count). The van der Waals surface area contributed by atoms with Crippen LogP contribution >= 0.6 is 0 Å². The normalized spacial score (nSPS) is 22.2. The van der Waals surface area contributed by atoms with Gasteiger partial charge in [-0.2, -0.15) is 0 Å². The van der Waals surface area contributed by atoms with Crippen LogP contribution < -0.4 is 5.73 Å². The maximum Gasteiger partial charge on any atom is 0.0510 e. The molecule has 2 atom stereocenters. The molecule has 0 aromatic rings. The van der Waals surface area contributed by atoms with Gasteiger partial charge >= 0.3 is 0 Å². The topological polar surface area (TPSA) is 38.5 Å². The number of nitrogens with zero attached hydrogens (tertiary/aromatic N) is 1. The molecule has 1 aliphatic rings. The molecule has 0 aromatic heterocycles. The number of ether oxygens (including phenoxy) is 1. The fourth-order valence-corrected chi connectivity index (χ4v) is 2.66. The highest BCUT2D eigenvalue weighted by Crippen LogP contribution is 2.21. The van der Waals surface area contributed by atoms with Crippen LogP contribution in [0.4, 0.5) is 0 Å². The van der Waals surface area contributed by atoms with Gasteiger partial charge in [-0.15, -0.1) is 0 Å². The highest BCUT2D eigenvalue weighted by Gasteiger charge is 2.28. The van der Waals surface area contributed by atoms with E-state index in [1.54, 1.807) is 0 Å². The Labute approximate surface area is 107 Å².